The topological polar surface area (TPSA) is 15.7 Å². The van der Waals surface area contributed by atoms with Gasteiger partial charge in [0.2, 0.25) is 0 Å². The molecule has 0 aliphatic carbocycles. The smallest absolute Gasteiger partial charge is 0.376 e. The van der Waals surface area contributed by atoms with Crippen molar-refractivity contribution in [2.45, 2.75) is 45.0 Å². The first-order valence-electron chi connectivity index (χ1n) is 9.46. The van der Waals surface area contributed by atoms with Crippen LogP contribution in [0.25, 0.3) is 0 Å². The van der Waals surface area contributed by atoms with Crippen LogP contribution in [-0.2, 0) is 17.5 Å². The van der Waals surface area contributed by atoms with Crippen LogP contribution in [0, 0.1) is 5.92 Å². The average molecular weight is 370 g/mol. The monoisotopic (exact) mass is 370 g/mol. The number of piperazine rings is 1. The zero-order valence-electron chi connectivity index (χ0n) is 15.7. The van der Waals surface area contributed by atoms with Gasteiger partial charge in [0.05, 0.1) is 11.2 Å². The molecule has 0 N–H and O–H groups in total. The van der Waals surface area contributed by atoms with Crippen molar-refractivity contribution in [1.29, 1.82) is 0 Å². The van der Waals surface area contributed by atoms with Crippen molar-refractivity contribution in [2.24, 2.45) is 5.92 Å². The number of nitrogens with zero attached hydrogens (tertiary/aromatic N) is 2. The second kappa shape index (κ2) is 7.87. The third-order valence-corrected chi connectivity index (χ3v) is 5.44. The SMILES string of the molecule is CC1(C)C[C@H](CN2CCN(Cc3cccc(C(F)(F)F)c3)CC2)CCO1. The van der Waals surface area contributed by atoms with Crippen molar-refractivity contribution in [2.75, 3.05) is 39.3 Å². The molecule has 26 heavy (non-hydrogen) atoms. The van der Waals surface area contributed by atoms with Crippen LogP contribution >= 0.6 is 0 Å². The zero-order chi connectivity index (χ0) is 18.8. The molecular weight excluding hydrogens is 341 g/mol. The van der Waals surface area contributed by atoms with Crippen molar-refractivity contribution < 1.29 is 17.9 Å². The van der Waals surface area contributed by atoms with Gasteiger partial charge in [-0.3, -0.25) is 4.90 Å². The van der Waals surface area contributed by atoms with E-state index in [0.717, 1.165) is 63.8 Å². The predicted molar refractivity (Wildman–Crippen MR) is 95.9 cm³/mol. The van der Waals surface area contributed by atoms with Gasteiger partial charge in [-0.2, -0.15) is 13.2 Å². The molecule has 0 aromatic heterocycles. The summed E-state index contributed by atoms with van der Waals surface area (Å²) in [6, 6.07) is 5.69. The lowest BCUT2D eigenvalue weighted by Crippen LogP contribution is -2.48. The first-order chi connectivity index (χ1) is 12.2. The molecule has 6 heteroatoms. The van der Waals surface area contributed by atoms with Crippen LogP contribution in [0.3, 0.4) is 0 Å². The highest BCUT2D eigenvalue weighted by atomic mass is 19.4. The van der Waals surface area contributed by atoms with Crippen molar-refractivity contribution in [3.05, 3.63) is 35.4 Å². The molecular formula is C20H29F3N2O. The fraction of sp³-hybridized carbons (Fsp3) is 0.700. The van der Waals surface area contributed by atoms with Gasteiger partial charge < -0.3 is 9.64 Å². The maximum atomic E-state index is 12.8. The summed E-state index contributed by atoms with van der Waals surface area (Å²) in [4.78, 5) is 4.74. The number of ether oxygens (including phenoxy) is 1. The van der Waals surface area contributed by atoms with E-state index < -0.39 is 11.7 Å². The van der Waals surface area contributed by atoms with Gasteiger partial charge in [0.1, 0.15) is 0 Å². The highest BCUT2D eigenvalue weighted by molar-refractivity contribution is 5.25. The van der Waals surface area contributed by atoms with E-state index in [-0.39, 0.29) is 5.60 Å². The Kier molecular flexibility index (Phi) is 5.94. The number of benzene rings is 1. The second-order valence-corrected chi connectivity index (χ2v) is 8.24. The number of alkyl halides is 3. The largest absolute Gasteiger partial charge is 0.416 e. The maximum Gasteiger partial charge on any atom is 0.416 e. The van der Waals surface area contributed by atoms with Crippen LogP contribution in [0.1, 0.15) is 37.8 Å². The minimum Gasteiger partial charge on any atom is -0.376 e. The Hall–Kier alpha value is -1.11. The molecule has 0 saturated carbocycles. The molecule has 2 heterocycles. The highest BCUT2D eigenvalue weighted by Crippen LogP contribution is 2.30. The quantitative estimate of drug-likeness (QED) is 0.796. The third kappa shape index (κ3) is 5.44. The lowest BCUT2D eigenvalue weighted by Gasteiger charge is -2.40. The van der Waals surface area contributed by atoms with E-state index in [0.29, 0.717) is 12.5 Å². The van der Waals surface area contributed by atoms with Crippen LogP contribution < -0.4 is 0 Å². The van der Waals surface area contributed by atoms with Crippen molar-refractivity contribution in [3.8, 4) is 0 Å². The summed E-state index contributed by atoms with van der Waals surface area (Å²) in [6.07, 6.45) is -2.06. The lowest BCUT2D eigenvalue weighted by atomic mass is 9.88. The Bertz CT molecular complexity index is 595. The number of hydrogen-bond donors (Lipinski definition) is 0. The fourth-order valence-corrected chi connectivity index (χ4v) is 4.11. The van der Waals surface area contributed by atoms with Gasteiger partial charge in [0.25, 0.3) is 0 Å². The van der Waals surface area contributed by atoms with Crippen molar-refractivity contribution in [1.82, 2.24) is 9.80 Å². The normalized spacial score (nSPS) is 25.3. The van der Waals surface area contributed by atoms with Gasteiger partial charge in [0.15, 0.2) is 0 Å². The van der Waals surface area contributed by atoms with E-state index in [2.05, 4.69) is 23.6 Å². The van der Waals surface area contributed by atoms with E-state index in [1.165, 1.54) is 12.1 Å². The van der Waals surface area contributed by atoms with E-state index in [1.807, 2.05) is 0 Å². The van der Waals surface area contributed by atoms with E-state index in [4.69, 9.17) is 4.74 Å². The van der Waals surface area contributed by atoms with E-state index >= 15 is 0 Å². The minimum absolute atomic E-state index is 0.0196. The van der Waals surface area contributed by atoms with Crippen LogP contribution in [0.2, 0.25) is 0 Å². The summed E-state index contributed by atoms with van der Waals surface area (Å²) in [5.41, 5.74) is 0.157. The van der Waals surface area contributed by atoms with E-state index in [9.17, 15) is 13.2 Å². The van der Waals surface area contributed by atoms with Crippen molar-refractivity contribution in [3.63, 3.8) is 0 Å². The van der Waals surface area contributed by atoms with Gasteiger partial charge in [-0.1, -0.05) is 18.2 Å². The van der Waals surface area contributed by atoms with Gasteiger partial charge >= 0.3 is 6.18 Å². The molecule has 2 fully saturated rings. The summed E-state index contributed by atoms with van der Waals surface area (Å²) in [5, 5.41) is 0. The third-order valence-electron chi connectivity index (χ3n) is 5.44. The molecule has 2 aliphatic rings. The summed E-state index contributed by atoms with van der Waals surface area (Å²) < 4.78 is 44.3. The van der Waals surface area contributed by atoms with Crippen LogP contribution in [0.15, 0.2) is 24.3 Å². The molecule has 0 spiro atoms. The summed E-state index contributed by atoms with van der Waals surface area (Å²) >= 11 is 0. The maximum absolute atomic E-state index is 12.8. The van der Waals surface area contributed by atoms with Gasteiger partial charge in [-0.05, 0) is 44.2 Å². The Balaban J connectivity index is 1.47. The highest BCUT2D eigenvalue weighted by Gasteiger charge is 2.31. The Morgan fingerprint density at radius 2 is 1.81 bits per heavy atom. The first kappa shape index (κ1) is 19.6. The molecule has 146 valence electrons. The molecule has 3 rings (SSSR count). The van der Waals surface area contributed by atoms with Gasteiger partial charge in [0, 0.05) is 45.9 Å². The number of halogens is 3. The lowest BCUT2D eigenvalue weighted by molar-refractivity contribution is -0.137. The van der Waals surface area contributed by atoms with Crippen LogP contribution in [-0.4, -0.2) is 54.7 Å². The predicted octanol–water partition coefficient (Wildman–Crippen LogP) is 4.03. The molecule has 1 atom stereocenters. The van der Waals surface area contributed by atoms with E-state index in [1.54, 1.807) is 6.07 Å². The molecule has 0 radical (unpaired) electrons. The molecule has 1 aromatic carbocycles. The minimum atomic E-state index is -4.27. The Morgan fingerprint density at radius 1 is 1.12 bits per heavy atom. The molecule has 1 aromatic rings. The van der Waals surface area contributed by atoms with Gasteiger partial charge in [-0.25, -0.2) is 0 Å². The average Bonchev–Trinajstić information content (AvgIpc) is 2.55. The number of hydrogen-bond acceptors (Lipinski definition) is 3. The van der Waals surface area contributed by atoms with Crippen LogP contribution in [0.4, 0.5) is 13.2 Å². The molecule has 0 amide bonds. The summed E-state index contributed by atoms with van der Waals surface area (Å²) in [5.74, 6) is 0.675. The standard InChI is InChI=1S/C20H29F3N2O/c1-19(2)13-17(6-11-26-19)15-25-9-7-24(8-10-25)14-16-4-3-5-18(12-16)20(21,22)23/h3-5,12,17H,6-11,13-15H2,1-2H3/t17-/m1/s1. The molecule has 0 unspecified atom stereocenters. The summed E-state index contributed by atoms with van der Waals surface area (Å²) in [6.45, 7) is 10.6. The molecule has 0 bridgehead atoms. The molecule has 2 saturated heterocycles. The number of rotatable bonds is 4. The Labute approximate surface area is 154 Å². The zero-order valence-corrected chi connectivity index (χ0v) is 15.7. The first-order valence-corrected chi connectivity index (χ1v) is 9.46. The molecule has 3 nitrogen and oxygen atoms in total. The van der Waals surface area contributed by atoms with Crippen LogP contribution in [0.5, 0.6) is 0 Å². The fourth-order valence-electron chi connectivity index (χ4n) is 4.11. The summed E-state index contributed by atoms with van der Waals surface area (Å²) in [7, 11) is 0. The second-order valence-electron chi connectivity index (χ2n) is 8.24. The molecule has 2 aliphatic heterocycles. The Morgan fingerprint density at radius 3 is 2.46 bits per heavy atom. The van der Waals surface area contributed by atoms with Crippen molar-refractivity contribution >= 4 is 0 Å². The van der Waals surface area contributed by atoms with Gasteiger partial charge in [-0.15, -0.1) is 0 Å².